The summed E-state index contributed by atoms with van der Waals surface area (Å²) in [6.07, 6.45) is 7.86. The summed E-state index contributed by atoms with van der Waals surface area (Å²) in [6.45, 7) is 3.52. The molecule has 0 unspecified atom stereocenters. The Kier molecular flexibility index (Phi) is 4.93. The minimum atomic E-state index is -3.60. The standard InChI is InChI=1S/C8H11ClO2S/c1-3-5-7-8(6-4-2)12(9,10)11/h3-7H,1-2H3/b5-3-,6-4-,8-7+. The summed E-state index contributed by atoms with van der Waals surface area (Å²) in [7, 11) is 1.53. The molecule has 0 aliphatic carbocycles. The lowest BCUT2D eigenvalue weighted by Crippen LogP contribution is -1.90. The van der Waals surface area contributed by atoms with Crippen LogP contribution in [0.4, 0.5) is 0 Å². The average Bonchev–Trinajstić information content (AvgIpc) is 1.95. The van der Waals surface area contributed by atoms with E-state index in [0.717, 1.165) is 0 Å². The van der Waals surface area contributed by atoms with Crippen molar-refractivity contribution in [2.45, 2.75) is 13.8 Å². The summed E-state index contributed by atoms with van der Waals surface area (Å²) >= 11 is 0. The van der Waals surface area contributed by atoms with Crippen LogP contribution in [-0.4, -0.2) is 8.42 Å². The van der Waals surface area contributed by atoms with Crippen LogP contribution in [0.1, 0.15) is 13.8 Å². The highest BCUT2D eigenvalue weighted by molar-refractivity contribution is 8.17. The maximum absolute atomic E-state index is 10.8. The highest BCUT2D eigenvalue weighted by Gasteiger charge is 2.08. The van der Waals surface area contributed by atoms with Crippen LogP contribution in [0, 0.1) is 0 Å². The van der Waals surface area contributed by atoms with E-state index in [0.29, 0.717) is 0 Å². The quantitative estimate of drug-likeness (QED) is 0.526. The zero-order valence-electron chi connectivity index (χ0n) is 6.99. The monoisotopic (exact) mass is 206 g/mol. The Labute approximate surface area is 77.7 Å². The van der Waals surface area contributed by atoms with Gasteiger partial charge in [-0.15, -0.1) is 0 Å². The zero-order valence-corrected chi connectivity index (χ0v) is 8.56. The van der Waals surface area contributed by atoms with Crippen LogP contribution in [0.2, 0.25) is 0 Å². The van der Waals surface area contributed by atoms with Crippen molar-refractivity contribution in [3.8, 4) is 0 Å². The third kappa shape index (κ3) is 4.36. The molecule has 0 heterocycles. The van der Waals surface area contributed by atoms with Gasteiger partial charge in [-0.1, -0.05) is 18.2 Å². The molecular formula is C8H11ClO2S. The highest BCUT2D eigenvalue weighted by atomic mass is 35.7. The molecule has 0 rings (SSSR count). The van der Waals surface area contributed by atoms with Gasteiger partial charge in [-0.05, 0) is 26.0 Å². The topological polar surface area (TPSA) is 34.1 Å². The molecule has 0 N–H and O–H groups in total. The molecule has 0 aliphatic heterocycles. The summed E-state index contributed by atoms with van der Waals surface area (Å²) in [4.78, 5) is 0.102. The van der Waals surface area contributed by atoms with Gasteiger partial charge in [0.25, 0.3) is 9.05 Å². The van der Waals surface area contributed by atoms with Gasteiger partial charge >= 0.3 is 0 Å². The average molecular weight is 207 g/mol. The third-order valence-corrected chi connectivity index (χ3v) is 2.44. The van der Waals surface area contributed by atoms with Gasteiger partial charge in [-0.25, -0.2) is 8.42 Å². The first-order chi connectivity index (χ1) is 5.52. The maximum atomic E-state index is 10.8. The molecule has 4 heteroatoms. The van der Waals surface area contributed by atoms with E-state index in [-0.39, 0.29) is 4.91 Å². The molecule has 0 bridgehead atoms. The van der Waals surface area contributed by atoms with Crippen LogP contribution in [0.25, 0.3) is 0 Å². The number of hydrogen-bond acceptors (Lipinski definition) is 2. The molecule has 68 valence electrons. The van der Waals surface area contributed by atoms with Gasteiger partial charge < -0.3 is 0 Å². The Morgan fingerprint density at radius 1 is 1.25 bits per heavy atom. The van der Waals surface area contributed by atoms with Crippen LogP contribution in [0.5, 0.6) is 0 Å². The van der Waals surface area contributed by atoms with E-state index in [1.165, 1.54) is 12.2 Å². The number of allylic oxidation sites excluding steroid dienone is 5. The van der Waals surface area contributed by atoms with Gasteiger partial charge in [0.05, 0.1) is 4.91 Å². The summed E-state index contributed by atoms with van der Waals surface area (Å²) in [5, 5.41) is 0. The Hall–Kier alpha value is -0.540. The van der Waals surface area contributed by atoms with Crippen LogP contribution in [0.3, 0.4) is 0 Å². The van der Waals surface area contributed by atoms with Gasteiger partial charge in [0.15, 0.2) is 0 Å². The zero-order chi connectivity index (χ0) is 9.61. The molecule has 0 saturated heterocycles. The number of rotatable bonds is 3. The van der Waals surface area contributed by atoms with Crippen molar-refractivity contribution in [2.75, 3.05) is 0 Å². The lowest BCUT2D eigenvalue weighted by Gasteiger charge is -1.92. The van der Waals surface area contributed by atoms with Crippen LogP contribution >= 0.6 is 10.7 Å². The summed E-state index contributed by atoms with van der Waals surface area (Å²) in [5.41, 5.74) is 0. The van der Waals surface area contributed by atoms with Crippen molar-refractivity contribution in [1.29, 1.82) is 0 Å². The Balaban J connectivity index is 4.93. The number of halogens is 1. The molecule has 0 radical (unpaired) electrons. The van der Waals surface area contributed by atoms with Gasteiger partial charge in [0.2, 0.25) is 0 Å². The van der Waals surface area contributed by atoms with Crippen LogP contribution in [-0.2, 0) is 9.05 Å². The second-order valence-corrected chi connectivity index (χ2v) is 4.60. The predicted molar refractivity (Wildman–Crippen MR) is 52.5 cm³/mol. The predicted octanol–water partition coefficient (Wildman–Crippen LogP) is 2.59. The third-order valence-electron chi connectivity index (χ3n) is 1.07. The van der Waals surface area contributed by atoms with E-state index in [9.17, 15) is 8.42 Å². The molecule has 0 spiro atoms. The Bertz CT molecular complexity index is 310. The second-order valence-electron chi connectivity index (χ2n) is 2.03. The van der Waals surface area contributed by atoms with Crippen LogP contribution < -0.4 is 0 Å². The minimum Gasteiger partial charge on any atom is -0.207 e. The highest BCUT2D eigenvalue weighted by Crippen LogP contribution is 2.13. The summed E-state index contributed by atoms with van der Waals surface area (Å²) in [5.74, 6) is 0. The molecule has 0 aliphatic rings. The van der Waals surface area contributed by atoms with Crippen molar-refractivity contribution in [3.63, 3.8) is 0 Å². The normalized spacial score (nSPS) is 14.8. The van der Waals surface area contributed by atoms with Crippen molar-refractivity contribution < 1.29 is 8.42 Å². The van der Waals surface area contributed by atoms with Gasteiger partial charge in [0.1, 0.15) is 0 Å². The first-order valence-corrected chi connectivity index (χ1v) is 5.73. The molecule has 2 nitrogen and oxygen atoms in total. The fourth-order valence-corrected chi connectivity index (χ4v) is 1.42. The molecule has 12 heavy (non-hydrogen) atoms. The van der Waals surface area contributed by atoms with E-state index in [4.69, 9.17) is 10.7 Å². The summed E-state index contributed by atoms with van der Waals surface area (Å²) < 4.78 is 21.7. The molecule has 0 aromatic rings. The van der Waals surface area contributed by atoms with E-state index >= 15 is 0 Å². The fraction of sp³-hybridized carbons (Fsp3) is 0.250. The smallest absolute Gasteiger partial charge is 0.207 e. The van der Waals surface area contributed by atoms with Crippen molar-refractivity contribution in [1.82, 2.24) is 0 Å². The molecule has 0 aromatic heterocycles. The van der Waals surface area contributed by atoms with Gasteiger partial charge in [-0.2, -0.15) is 0 Å². The molecule has 0 aromatic carbocycles. The Morgan fingerprint density at radius 2 is 1.83 bits per heavy atom. The minimum absolute atomic E-state index is 0.102. The van der Waals surface area contributed by atoms with E-state index in [1.54, 1.807) is 32.1 Å². The summed E-state index contributed by atoms with van der Waals surface area (Å²) in [6, 6.07) is 0. The maximum Gasteiger partial charge on any atom is 0.261 e. The fourth-order valence-electron chi connectivity index (χ4n) is 0.573. The van der Waals surface area contributed by atoms with Crippen molar-refractivity contribution in [2.24, 2.45) is 0 Å². The molecule has 0 atom stereocenters. The largest absolute Gasteiger partial charge is 0.261 e. The van der Waals surface area contributed by atoms with E-state index < -0.39 is 9.05 Å². The van der Waals surface area contributed by atoms with Gasteiger partial charge in [0, 0.05) is 10.7 Å². The number of hydrogen-bond donors (Lipinski definition) is 0. The molecular weight excluding hydrogens is 196 g/mol. The van der Waals surface area contributed by atoms with Crippen molar-refractivity contribution >= 4 is 19.7 Å². The Morgan fingerprint density at radius 3 is 2.17 bits per heavy atom. The van der Waals surface area contributed by atoms with E-state index in [2.05, 4.69) is 0 Å². The molecule has 0 fully saturated rings. The van der Waals surface area contributed by atoms with Crippen LogP contribution in [0.15, 0.2) is 35.3 Å². The van der Waals surface area contributed by atoms with Crippen molar-refractivity contribution in [3.05, 3.63) is 35.3 Å². The lowest BCUT2D eigenvalue weighted by atomic mass is 10.4. The second kappa shape index (κ2) is 5.17. The SMILES string of the molecule is C\C=C/C=C(\C=C/C)S(=O)(=O)Cl. The van der Waals surface area contributed by atoms with Gasteiger partial charge in [-0.3, -0.25) is 0 Å². The molecule has 0 saturated carbocycles. The molecule has 0 amide bonds. The lowest BCUT2D eigenvalue weighted by molar-refractivity contribution is 0.615. The first kappa shape index (κ1) is 11.5. The first-order valence-electron chi connectivity index (χ1n) is 3.42. The van der Waals surface area contributed by atoms with E-state index in [1.807, 2.05) is 0 Å².